The van der Waals surface area contributed by atoms with Gasteiger partial charge in [0.05, 0.1) is 28.6 Å². The number of pyridine rings is 1. The molecule has 1 aromatic heterocycles. The van der Waals surface area contributed by atoms with Gasteiger partial charge in [-0.25, -0.2) is 4.98 Å². The van der Waals surface area contributed by atoms with Crippen LogP contribution in [0.4, 0.5) is 11.5 Å². The van der Waals surface area contributed by atoms with E-state index in [0.717, 1.165) is 19.4 Å². The molecule has 0 N–H and O–H groups in total. The van der Waals surface area contributed by atoms with E-state index in [2.05, 4.69) is 11.1 Å². The predicted octanol–water partition coefficient (Wildman–Crippen LogP) is 2.46. The van der Waals surface area contributed by atoms with E-state index in [1.807, 2.05) is 16.7 Å². The third-order valence-corrected chi connectivity index (χ3v) is 4.46. The van der Waals surface area contributed by atoms with Crippen molar-refractivity contribution in [2.75, 3.05) is 31.1 Å². The van der Waals surface area contributed by atoms with Gasteiger partial charge in [0.25, 0.3) is 5.69 Å². The van der Waals surface area contributed by atoms with Gasteiger partial charge in [-0.1, -0.05) is 6.92 Å². The molecule has 1 amide bonds. The van der Waals surface area contributed by atoms with E-state index in [1.54, 1.807) is 12.1 Å². The molecule has 2 heterocycles. The molecule has 0 saturated carbocycles. The van der Waals surface area contributed by atoms with Crippen molar-refractivity contribution in [2.24, 2.45) is 0 Å². The fraction of sp³-hybridized carbons (Fsp3) is 0.389. The summed E-state index contributed by atoms with van der Waals surface area (Å²) in [7, 11) is 0. The van der Waals surface area contributed by atoms with Gasteiger partial charge in [0.15, 0.2) is 0 Å². The third kappa shape index (κ3) is 3.42. The van der Waals surface area contributed by atoms with E-state index in [9.17, 15) is 20.2 Å². The first-order valence-electron chi connectivity index (χ1n) is 8.55. The summed E-state index contributed by atoms with van der Waals surface area (Å²) in [4.78, 5) is 31.2. The summed E-state index contributed by atoms with van der Waals surface area (Å²) in [5.41, 5.74) is 0.742. The molecule has 0 spiro atoms. The van der Waals surface area contributed by atoms with Crippen LogP contribution in [0, 0.1) is 21.4 Å². The van der Waals surface area contributed by atoms with Crippen molar-refractivity contribution in [3.63, 3.8) is 0 Å². The third-order valence-electron chi connectivity index (χ3n) is 4.46. The van der Waals surface area contributed by atoms with Crippen LogP contribution in [0.3, 0.4) is 0 Å². The number of nitriles is 1. The molecule has 0 unspecified atom stereocenters. The van der Waals surface area contributed by atoms with Gasteiger partial charge in [0.1, 0.15) is 5.82 Å². The maximum atomic E-state index is 12.4. The molecule has 3 rings (SSSR count). The molecule has 1 aromatic carbocycles. The molecule has 8 heteroatoms. The predicted molar refractivity (Wildman–Crippen MR) is 96.8 cm³/mol. The summed E-state index contributed by atoms with van der Waals surface area (Å²) in [5, 5.41) is 20.9. The SMILES string of the molecule is CCCN1CCCN(c2cc(C#N)c3cc([N+](=O)[O-])ccc3n2)CC1=O. The number of fused-ring (bicyclic) bond motifs is 1. The van der Waals surface area contributed by atoms with Crippen molar-refractivity contribution in [3.05, 3.63) is 39.9 Å². The zero-order valence-electron chi connectivity index (χ0n) is 14.5. The molecule has 8 nitrogen and oxygen atoms in total. The van der Waals surface area contributed by atoms with Crippen molar-refractivity contribution in [3.8, 4) is 6.07 Å². The summed E-state index contributed by atoms with van der Waals surface area (Å²) in [6.07, 6.45) is 1.74. The molecule has 134 valence electrons. The highest BCUT2D eigenvalue weighted by Crippen LogP contribution is 2.27. The van der Waals surface area contributed by atoms with Crippen LogP contribution in [0.2, 0.25) is 0 Å². The summed E-state index contributed by atoms with van der Waals surface area (Å²) in [6, 6.07) is 7.97. The number of nitro benzene ring substituents is 1. The number of carbonyl (C=O) groups excluding carboxylic acids is 1. The number of nitrogens with zero attached hydrogens (tertiary/aromatic N) is 5. The average molecular weight is 353 g/mol. The molecule has 0 atom stereocenters. The molecule has 0 aliphatic carbocycles. The molecule has 26 heavy (non-hydrogen) atoms. The number of rotatable bonds is 4. The van der Waals surface area contributed by atoms with Crippen molar-refractivity contribution in [1.29, 1.82) is 5.26 Å². The van der Waals surface area contributed by atoms with E-state index in [4.69, 9.17) is 0 Å². The summed E-state index contributed by atoms with van der Waals surface area (Å²) < 4.78 is 0. The molecular formula is C18H19N5O3. The second-order valence-corrected chi connectivity index (χ2v) is 6.25. The molecule has 0 bridgehead atoms. The normalized spacial score (nSPS) is 15.0. The lowest BCUT2D eigenvalue weighted by Crippen LogP contribution is -2.37. The first-order valence-corrected chi connectivity index (χ1v) is 8.55. The Hall–Kier alpha value is -3.21. The van der Waals surface area contributed by atoms with Crippen LogP contribution in [0.25, 0.3) is 10.9 Å². The van der Waals surface area contributed by atoms with Crippen LogP contribution in [0.1, 0.15) is 25.3 Å². The second-order valence-electron chi connectivity index (χ2n) is 6.25. The Morgan fingerprint density at radius 3 is 2.85 bits per heavy atom. The van der Waals surface area contributed by atoms with E-state index < -0.39 is 4.92 Å². The van der Waals surface area contributed by atoms with Crippen LogP contribution in [0.5, 0.6) is 0 Å². The van der Waals surface area contributed by atoms with E-state index in [0.29, 0.717) is 35.4 Å². The number of hydrogen-bond donors (Lipinski definition) is 0. The molecule has 1 aliphatic rings. The van der Waals surface area contributed by atoms with Crippen LogP contribution >= 0.6 is 0 Å². The number of non-ortho nitro benzene ring substituents is 1. The van der Waals surface area contributed by atoms with Gasteiger partial charge in [0, 0.05) is 37.2 Å². The Bertz CT molecular complexity index is 906. The second kappa shape index (κ2) is 7.35. The number of anilines is 1. The van der Waals surface area contributed by atoms with Crippen molar-refractivity contribution < 1.29 is 9.72 Å². The maximum Gasteiger partial charge on any atom is 0.270 e. The fourth-order valence-electron chi connectivity index (χ4n) is 3.19. The first-order chi connectivity index (χ1) is 12.5. The van der Waals surface area contributed by atoms with Crippen molar-refractivity contribution in [2.45, 2.75) is 19.8 Å². The lowest BCUT2D eigenvalue weighted by atomic mass is 10.1. The molecule has 2 aromatic rings. The van der Waals surface area contributed by atoms with Gasteiger partial charge in [0.2, 0.25) is 5.91 Å². The van der Waals surface area contributed by atoms with Crippen LogP contribution in [-0.2, 0) is 4.79 Å². The van der Waals surface area contributed by atoms with Crippen molar-refractivity contribution in [1.82, 2.24) is 9.88 Å². The molecule has 1 saturated heterocycles. The minimum absolute atomic E-state index is 0.0495. The van der Waals surface area contributed by atoms with Gasteiger partial charge in [-0.2, -0.15) is 5.26 Å². The lowest BCUT2D eigenvalue weighted by Gasteiger charge is -2.22. The van der Waals surface area contributed by atoms with Crippen molar-refractivity contribution >= 4 is 28.3 Å². The molecule has 1 aliphatic heterocycles. The molecular weight excluding hydrogens is 334 g/mol. The smallest absolute Gasteiger partial charge is 0.270 e. The largest absolute Gasteiger partial charge is 0.347 e. The van der Waals surface area contributed by atoms with Gasteiger partial charge in [-0.3, -0.25) is 14.9 Å². The molecule has 1 fully saturated rings. The Labute approximate surface area is 150 Å². The minimum Gasteiger partial charge on any atom is -0.347 e. The topological polar surface area (TPSA) is 103 Å². The average Bonchev–Trinajstić information content (AvgIpc) is 2.82. The zero-order valence-corrected chi connectivity index (χ0v) is 14.5. The van der Waals surface area contributed by atoms with Crippen LogP contribution < -0.4 is 4.90 Å². The summed E-state index contributed by atoms with van der Waals surface area (Å²) >= 11 is 0. The highest BCUT2D eigenvalue weighted by Gasteiger charge is 2.23. The number of nitro groups is 1. The maximum absolute atomic E-state index is 12.4. The van der Waals surface area contributed by atoms with E-state index in [-0.39, 0.29) is 18.1 Å². The highest BCUT2D eigenvalue weighted by molar-refractivity contribution is 5.89. The molecule has 0 radical (unpaired) electrons. The number of aromatic nitrogens is 1. The lowest BCUT2D eigenvalue weighted by molar-refractivity contribution is -0.384. The fourth-order valence-corrected chi connectivity index (χ4v) is 3.19. The number of benzene rings is 1. The number of amides is 1. The Morgan fingerprint density at radius 2 is 2.15 bits per heavy atom. The van der Waals surface area contributed by atoms with Gasteiger partial charge >= 0.3 is 0 Å². The Balaban J connectivity index is 1.98. The van der Waals surface area contributed by atoms with Crippen LogP contribution in [0.15, 0.2) is 24.3 Å². The van der Waals surface area contributed by atoms with Crippen LogP contribution in [-0.4, -0.2) is 46.9 Å². The van der Waals surface area contributed by atoms with Gasteiger partial charge in [-0.15, -0.1) is 0 Å². The van der Waals surface area contributed by atoms with E-state index in [1.165, 1.54) is 12.1 Å². The number of hydrogen-bond acceptors (Lipinski definition) is 6. The summed E-state index contributed by atoms with van der Waals surface area (Å²) in [5.74, 6) is 0.600. The minimum atomic E-state index is -0.496. The van der Waals surface area contributed by atoms with Gasteiger partial charge in [-0.05, 0) is 25.0 Å². The monoisotopic (exact) mass is 353 g/mol. The summed E-state index contributed by atoms with van der Waals surface area (Å²) in [6.45, 7) is 4.39. The highest BCUT2D eigenvalue weighted by atomic mass is 16.6. The first kappa shape index (κ1) is 17.6. The van der Waals surface area contributed by atoms with Gasteiger partial charge < -0.3 is 9.80 Å². The Morgan fingerprint density at radius 1 is 1.35 bits per heavy atom. The number of carbonyl (C=O) groups is 1. The quantitative estimate of drug-likeness (QED) is 0.618. The zero-order chi connectivity index (χ0) is 18.7. The Kier molecular flexibility index (Phi) is 4.98. The van der Waals surface area contributed by atoms with E-state index >= 15 is 0 Å². The standard InChI is InChI=1S/C18H19N5O3/c1-2-6-21-7-3-8-22(12-18(21)24)17-9-13(11-19)15-10-14(23(25)26)4-5-16(15)20-17/h4-5,9-10H,2-3,6-8,12H2,1H3.